The highest BCUT2D eigenvalue weighted by molar-refractivity contribution is 5.89. The van der Waals surface area contributed by atoms with E-state index in [-0.39, 0.29) is 35.8 Å². The zero-order valence-corrected chi connectivity index (χ0v) is 18.4. The minimum atomic E-state index is -0.658. The summed E-state index contributed by atoms with van der Waals surface area (Å²) in [6.45, 7) is 5.41. The van der Waals surface area contributed by atoms with E-state index in [1.54, 1.807) is 32.0 Å². The molecular formula is C23H24F2N6O2. The molecule has 0 saturated carbocycles. The van der Waals surface area contributed by atoms with Crippen LogP contribution in [-0.2, 0) is 4.74 Å². The summed E-state index contributed by atoms with van der Waals surface area (Å²) < 4.78 is 34.8. The highest BCUT2D eigenvalue weighted by atomic mass is 19.1. The average molecular weight is 454 g/mol. The number of ether oxygens (including phenoxy) is 1. The lowest BCUT2D eigenvalue weighted by atomic mass is 10.0. The second-order valence-corrected chi connectivity index (χ2v) is 8.02. The smallest absolute Gasteiger partial charge is 0.416 e. The van der Waals surface area contributed by atoms with Crippen molar-refractivity contribution in [3.63, 3.8) is 0 Å². The molecule has 0 aliphatic carbocycles. The lowest BCUT2D eigenvalue weighted by Crippen LogP contribution is -2.45. The minimum Gasteiger partial charge on any atom is -0.447 e. The summed E-state index contributed by atoms with van der Waals surface area (Å²) in [6.07, 6.45) is 2.42. The number of hydrogen-bond donors (Lipinski definition) is 2. The summed E-state index contributed by atoms with van der Waals surface area (Å²) in [5.74, 6) is -0.698. The number of amides is 1. The molecule has 0 spiro atoms. The summed E-state index contributed by atoms with van der Waals surface area (Å²) in [7, 11) is 0. The van der Waals surface area contributed by atoms with Crippen LogP contribution in [-0.4, -0.2) is 39.7 Å². The largest absolute Gasteiger partial charge is 0.447 e. The monoisotopic (exact) mass is 454 g/mol. The number of carbonyl (C=O) groups is 1. The maximum atomic E-state index is 14.9. The van der Waals surface area contributed by atoms with Gasteiger partial charge in [-0.1, -0.05) is 6.07 Å². The fraction of sp³-hybridized carbons (Fsp3) is 0.304. The molecule has 1 aliphatic rings. The second kappa shape index (κ2) is 9.07. The molecule has 2 aromatic heterocycles. The number of nitrogens with two attached hydrogens (primary N) is 1. The maximum Gasteiger partial charge on any atom is 0.416 e. The van der Waals surface area contributed by atoms with Crippen LogP contribution in [0, 0.1) is 18.6 Å². The van der Waals surface area contributed by atoms with E-state index >= 15 is 0 Å². The second-order valence-electron chi connectivity index (χ2n) is 8.02. The number of anilines is 2. The van der Waals surface area contributed by atoms with Crippen LogP contribution in [0.15, 0.2) is 42.7 Å². The number of aryl methyl sites for hydroxylation is 1. The number of rotatable bonds is 6. The molecule has 1 amide bonds. The van der Waals surface area contributed by atoms with Gasteiger partial charge in [-0.25, -0.2) is 18.6 Å². The van der Waals surface area contributed by atoms with E-state index in [9.17, 15) is 13.6 Å². The summed E-state index contributed by atoms with van der Waals surface area (Å²) in [5.41, 5.74) is 7.47. The van der Waals surface area contributed by atoms with Gasteiger partial charge < -0.3 is 15.8 Å². The van der Waals surface area contributed by atoms with Crippen LogP contribution in [0.1, 0.15) is 31.1 Å². The molecule has 172 valence electrons. The Labute approximate surface area is 189 Å². The number of cyclic esters (lactones) is 1. The Hall–Kier alpha value is -3.66. The molecule has 1 fully saturated rings. The average Bonchev–Trinajstić information content (AvgIpc) is 3.17. The molecule has 33 heavy (non-hydrogen) atoms. The molecule has 8 nitrogen and oxygen atoms in total. The van der Waals surface area contributed by atoms with Gasteiger partial charge in [-0.2, -0.15) is 4.98 Å². The van der Waals surface area contributed by atoms with Gasteiger partial charge in [0, 0.05) is 40.8 Å². The van der Waals surface area contributed by atoms with E-state index in [0.717, 1.165) is 17.8 Å². The van der Waals surface area contributed by atoms with E-state index in [4.69, 9.17) is 10.5 Å². The van der Waals surface area contributed by atoms with E-state index in [1.807, 2.05) is 6.92 Å². The standard InChI is InChI=1S/C23H24F2N6O2/c1-12-4-5-15(10-28-12)17-9-18(24)16(8-19(17)25)14(3)29-22-27-7-6-21(30-22)31-20(13(2)26)11-33-23(31)32/h4-10,13-14,20H,11,26H2,1-3H3,(H,27,29,30)/t13-,14+,20?/m1/s1. The minimum absolute atomic E-state index is 0.111. The lowest BCUT2D eigenvalue weighted by molar-refractivity contribution is 0.178. The molecule has 1 aliphatic heterocycles. The summed E-state index contributed by atoms with van der Waals surface area (Å²) in [6, 6.07) is 5.93. The molecule has 1 saturated heterocycles. The van der Waals surface area contributed by atoms with Gasteiger partial charge in [0.05, 0.1) is 12.1 Å². The molecule has 1 unspecified atom stereocenters. The summed E-state index contributed by atoms with van der Waals surface area (Å²) in [4.78, 5) is 26.2. The number of nitrogens with zero attached hydrogens (tertiary/aromatic N) is 4. The quantitative estimate of drug-likeness (QED) is 0.580. The Bertz CT molecular complexity index is 1170. The van der Waals surface area contributed by atoms with Crippen LogP contribution in [0.4, 0.5) is 25.3 Å². The first-order valence-electron chi connectivity index (χ1n) is 10.5. The van der Waals surface area contributed by atoms with Gasteiger partial charge in [-0.05, 0) is 45.0 Å². The third-order valence-electron chi connectivity index (χ3n) is 5.52. The van der Waals surface area contributed by atoms with Crippen molar-refractivity contribution in [2.75, 3.05) is 16.8 Å². The third-order valence-corrected chi connectivity index (χ3v) is 5.52. The Morgan fingerprint density at radius 2 is 1.97 bits per heavy atom. The van der Waals surface area contributed by atoms with Crippen LogP contribution in [0.3, 0.4) is 0 Å². The van der Waals surface area contributed by atoms with Gasteiger partial charge in [-0.15, -0.1) is 0 Å². The number of halogens is 2. The maximum absolute atomic E-state index is 14.9. The molecule has 10 heteroatoms. The summed E-state index contributed by atoms with van der Waals surface area (Å²) >= 11 is 0. The van der Waals surface area contributed by atoms with Crippen LogP contribution in [0.5, 0.6) is 0 Å². The van der Waals surface area contributed by atoms with E-state index in [1.165, 1.54) is 17.3 Å². The number of hydrogen-bond acceptors (Lipinski definition) is 7. The van der Waals surface area contributed by atoms with Crippen LogP contribution in [0.2, 0.25) is 0 Å². The zero-order chi connectivity index (χ0) is 23.7. The van der Waals surface area contributed by atoms with Crippen molar-refractivity contribution in [2.24, 2.45) is 5.73 Å². The molecule has 3 heterocycles. The number of nitrogens with one attached hydrogen (secondary N) is 1. The van der Waals surface area contributed by atoms with Gasteiger partial charge in [-0.3, -0.25) is 9.88 Å². The molecule has 1 aromatic carbocycles. The SMILES string of the molecule is Cc1ccc(-c2cc(F)c([C@H](C)Nc3nccc(N4C(=O)OCC4[C@@H](C)N)n3)cc2F)cn1. The van der Waals surface area contributed by atoms with Crippen molar-refractivity contribution in [1.29, 1.82) is 0 Å². The van der Waals surface area contributed by atoms with Crippen molar-refractivity contribution >= 4 is 17.9 Å². The van der Waals surface area contributed by atoms with Gasteiger partial charge in [0.25, 0.3) is 0 Å². The first-order chi connectivity index (χ1) is 15.7. The van der Waals surface area contributed by atoms with Crippen molar-refractivity contribution in [2.45, 2.75) is 38.9 Å². The van der Waals surface area contributed by atoms with E-state index in [2.05, 4.69) is 20.3 Å². The molecular weight excluding hydrogens is 430 g/mol. The van der Waals surface area contributed by atoms with Crippen molar-refractivity contribution in [3.05, 3.63) is 65.6 Å². The molecule has 4 rings (SSSR count). The normalized spacial score (nSPS) is 17.6. The highest BCUT2D eigenvalue weighted by Crippen LogP contribution is 2.30. The van der Waals surface area contributed by atoms with Gasteiger partial charge in [0.2, 0.25) is 5.95 Å². The fourth-order valence-electron chi connectivity index (χ4n) is 3.65. The number of pyridine rings is 1. The number of benzene rings is 1. The third kappa shape index (κ3) is 4.61. The predicted molar refractivity (Wildman–Crippen MR) is 120 cm³/mol. The predicted octanol–water partition coefficient (Wildman–Crippen LogP) is 3.97. The highest BCUT2D eigenvalue weighted by Gasteiger charge is 2.37. The Balaban J connectivity index is 1.57. The van der Waals surface area contributed by atoms with Crippen molar-refractivity contribution in [1.82, 2.24) is 15.0 Å². The van der Waals surface area contributed by atoms with Gasteiger partial charge >= 0.3 is 6.09 Å². The van der Waals surface area contributed by atoms with Crippen LogP contribution >= 0.6 is 0 Å². The molecule has 0 bridgehead atoms. The van der Waals surface area contributed by atoms with E-state index in [0.29, 0.717) is 11.4 Å². The first kappa shape index (κ1) is 22.5. The van der Waals surface area contributed by atoms with Crippen molar-refractivity contribution < 1.29 is 18.3 Å². The van der Waals surface area contributed by atoms with Gasteiger partial charge in [0.1, 0.15) is 24.1 Å². The lowest BCUT2D eigenvalue weighted by Gasteiger charge is -2.23. The molecule has 3 aromatic rings. The molecule has 3 atom stereocenters. The van der Waals surface area contributed by atoms with Crippen LogP contribution < -0.4 is 16.0 Å². The topological polar surface area (TPSA) is 106 Å². The van der Waals surface area contributed by atoms with Crippen molar-refractivity contribution in [3.8, 4) is 11.1 Å². The summed E-state index contributed by atoms with van der Waals surface area (Å²) in [5, 5.41) is 2.96. The molecule has 3 N–H and O–H groups in total. The van der Waals surface area contributed by atoms with E-state index < -0.39 is 23.8 Å². The van der Waals surface area contributed by atoms with Crippen LogP contribution in [0.25, 0.3) is 11.1 Å². The Morgan fingerprint density at radius 1 is 1.18 bits per heavy atom. The fourth-order valence-corrected chi connectivity index (χ4v) is 3.65. The first-order valence-corrected chi connectivity index (χ1v) is 10.5. The Morgan fingerprint density at radius 3 is 2.67 bits per heavy atom. The zero-order valence-electron chi connectivity index (χ0n) is 18.4. The molecule has 0 radical (unpaired) electrons. The number of carbonyl (C=O) groups excluding carboxylic acids is 1. The Kier molecular flexibility index (Phi) is 6.19. The number of aromatic nitrogens is 3. The van der Waals surface area contributed by atoms with Gasteiger partial charge in [0.15, 0.2) is 0 Å².